The smallest absolute Gasteiger partial charge is 0.154 e. The zero-order valence-corrected chi connectivity index (χ0v) is 15.4. The molecule has 0 amide bonds. The van der Waals surface area contributed by atoms with Crippen molar-refractivity contribution in [3.63, 3.8) is 0 Å². The molecule has 0 bridgehead atoms. The summed E-state index contributed by atoms with van der Waals surface area (Å²) in [6.07, 6.45) is 0. The summed E-state index contributed by atoms with van der Waals surface area (Å²) in [5.74, 6) is 2.16. The normalized spacial score (nSPS) is 13.1. The second-order valence-electron chi connectivity index (χ2n) is 5.88. The van der Waals surface area contributed by atoms with Crippen molar-refractivity contribution >= 4 is 15.9 Å². The SMILES string of the molecule is CC(CO)(Oc1ccc(Oc2ccc(Br)cc2)cc1)c1ccccc1. The van der Waals surface area contributed by atoms with Gasteiger partial charge in [-0.3, -0.25) is 0 Å². The van der Waals surface area contributed by atoms with Crippen molar-refractivity contribution < 1.29 is 14.6 Å². The third kappa shape index (κ3) is 4.41. The van der Waals surface area contributed by atoms with Crippen LogP contribution in [0.25, 0.3) is 0 Å². The molecule has 0 radical (unpaired) electrons. The van der Waals surface area contributed by atoms with Gasteiger partial charge in [-0.15, -0.1) is 0 Å². The van der Waals surface area contributed by atoms with E-state index in [4.69, 9.17) is 9.47 Å². The molecule has 1 unspecified atom stereocenters. The highest BCUT2D eigenvalue weighted by molar-refractivity contribution is 9.10. The van der Waals surface area contributed by atoms with Crippen LogP contribution in [0.2, 0.25) is 0 Å². The van der Waals surface area contributed by atoms with Gasteiger partial charge in [-0.25, -0.2) is 0 Å². The predicted octanol–water partition coefficient (Wildman–Crippen LogP) is 5.53. The number of hydrogen-bond acceptors (Lipinski definition) is 3. The molecule has 0 aliphatic heterocycles. The number of halogens is 1. The van der Waals surface area contributed by atoms with Gasteiger partial charge in [0.15, 0.2) is 5.60 Å². The lowest BCUT2D eigenvalue weighted by molar-refractivity contribution is 0.0216. The Bertz CT molecular complexity index is 801. The van der Waals surface area contributed by atoms with Crippen LogP contribution in [-0.2, 0) is 5.60 Å². The van der Waals surface area contributed by atoms with E-state index in [1.54, 1.807) is 0 Å². The van der Waals surface area contributed by atoms with Crippen LogP contribution in [0.15, 0.2) is 83.3 Å². The third-order valence-corrected chi connectivity index (χ3v) is 4.43. The molecular formula is C21H19BrO3. The number of ether oxygens (including phenoxy) is 2. The molecule has 0 aromatic heterocycles. The van der Waals surface area contributed by atoms with Gasteiger partial charge in [0.2, 0.25) is 0 Å². The molecule has 1 atom stereocenters. The molecular weight excluding hydrogens is 380 g/mol. The summed E-state index contributed by atoms with van der Waals surface area (Å²) < 4.78 is 12.9. The molecule has 0 aliphatic rings. The average molecular weight is 399 g/mol. The molecule has 25 heavy (non-hydrogen) atoms. The van der Waals surface area contributed by atoms with Crippen molar-refractivity contribution in [2.24, 2.45) is 0 Å². The average Bonchev–Trinajstić information content (AvgIpc) is 2.66. The number of hydrogen-bond donors (Lipinski definition) is 1. The summed E-state index contributed by atoms with van der Waals surface area (Å²) in [6, 6.07) is 24.7. The summed E-state index contributed by atoms with van der Waals surface area (Å²) >= 11 is 3.40. The van der Waals surface area contributed by atoms with Gasteiger partial charge in [0.25, 0.3) is 0 Å². The first-order valence-corrected chi connectivity index (χ1v) is 8.77. The van der Waals surface area contributed by atoms with Crippen LogP contribution >= 0.6 is 15.9 Å². The van der Waals surface area contributed by atoms with Crippen LogP contribution < -0.4 is 9.47 Å². The third-order valence-electron chi connectivity index (χ3n) is 3.90. The van der Waals surface area contributed by atoms with Crippen molar-refractivity contribution in [3.8, 4) is 17.2 Å². The van der Waals surface area contributed by atoms with Crippen LogP contribution in [0.3, 0.4) is 0 Å². The Morgan fingerprint density at radius 2 is 1.32 bits per heavy atom. The Labute approximate surface area is 156 Å². The van der Waals surface area contributed by atoms with Gasteiger partial charge >= 0.3 is 0 Å². The van der Waals surface area contributed by atoms with Crippen LogP contribution in [0.4, 0.5) is 0 Å². The zero-order valence-electron chi connectivity index (χ0n) is 13.9. The highest BCUT2D eigenvalue weighted by Crippen LogP contribution is 2.30. The Morgan fingerprint density at radius 1 is 0.800 bits per heavy atom. The van der Waals surface area contributed by atoms with E-state index in [-0.39, 0.29) is 6.61 Å². The maximum absolute atomic E-state index is 9.82. The van der Waals surface area contributed by atoms with Crippen molar-refractivity contribution in [1.82, 2.24) is 0 Å². The summed E-state index contributed by atoms with van der Waals surface area (Å²) in [6.45, 7) is 1.75. The molecule has 0 saturated heterocycles. The molecule has 3 nitrogen and oxygen atoms in total. The summed E-state index contributed by atoms with van der Waals surface area (Å²) in [7, 11) is 0. The quantitative estimate of drug-likeness (QED) is 0.593. The molecule has 4 heteroatoms. The minimum Gasteiger partial charge on any atom is -0.480 e. The van der Waals surface area contributed by atoms with E-state index in [9.17, 15) is 5.11 Å². The first-order chi connectivity index (χ1) is 12.1. The number of aliphatic hydroxyl groups excluding tert-OH is 1. The van der Waals surface area contributed by atoms with E-state index < -0.39 is 5.60 Å². The Balaban J connectivity index is 1.72. The topological polar surface area (TPSA) is 38.7 Å². The van der Waals surface area contributed by atoms with E-state index in [0.717, 1.165) is 21.5 Å². The van der Waals surface area contributed by atoms with Gasteiger partial charge in [0, 0.05) is 4.47 Å². The fourth-order valence-electron chi connectivity index (χ4n) is 2.45. The molecule has 3 aromatic carbocycles. The van der Waals surface area contributed by atoms with Gasteiger partial charge in [-0.2, -0.15) is 0 Å². The monoisotopic (exact) mass is 398 g/mol. The second kappa shape index (κ2) is 7.72. The number of benzene rings is 3. The largest absolute Gasteiger partial charge is 0.480 e. The van der Waals surface area contributed by atoms with Gasteiger partial charge in [0.05, 0.1) is 6.61 Å². The molecule has 0 spiro atoms. The van der Waals surface area contributed by atoms with E-state index in [0.29, 0.717) is 5.75 Å². The van der Waals surface area contributed by atoms with Gasteiger partial charge in [-0.05, 0) is 61.0 Å². The van der Waals surface area contributed by atoms with Crippen LogP contribution in [0, 0.1) is 0 Å². The maximum atomic E-state index is 9.82. The number of aliphatic hydroxyl groups is 1. The maximum Gasteiger partial charge on any atom is 0.154 e. The molecule has 0 saturated carbocycles. The molecule has 3 aromatic rings. The van der Waals surface area contributed by atoms with Crippen molar-refractivity contribution in [2.75, 3.05) is 6.61 Å². The summed E-state index contributed by atoms with van der Waals surface area (Å²) in [5.41, 5.74) is 0.127. The molecule has 0 fully saturated rings. The lowest BCUT2D eigenvalue weighted by Crippen LogP contribution is -2.33. The minimum absolute atomic E-state index is 0.117. The standard InChI is InChI=1S/C21H19BrO3/c1-21(15-23,16-5-3-2-4-6-16)25-20-13-11-19(12-14-20)24-18-9-7-17(22)8-10-18/h2-14,23H,15H2,1H3. The fraction of sp³-hybridized carbons (Fsp3) is 0.143. The first-order valence-electron chi connectivity index (χ1n) is 7.98. The number of rotatable bonds is 6. The molecule has 3 rings (SSSR count). The van der Waals surface area contributed by atoms with Gasteiger partial charge < -0.3 is 14.6 Å². The highest BCUT2D eigenvalue weighted by Gasteiger charge is 2.27. The van der Waals surface area contributed by atoms with E-state index >= 15 is 0 Å². The lowest BCUT2D eigenvalue weighted by atomic mass is 9.96. The van der Waals surface area contributed by atoms with Crippen molar-refractivity contribution in [3.05, 3.63) is 88.9 Å². The van der Waals surface area contributed by atoms with Crippen molar-refractivity contribution in [2.45, 2.75) is 12.5 Å². The Morgan fingerprint density at radius 3 is 1.88 bits per heavy atom. The first kappa shape index (κ1) is 17.5. The van der Waals surface area contributed by atoms with Crippen LogP contribution in [0.5, 0.6) is 17.2 Å². The molecule has 128 valence electrons. The molecule has 0 aliphatic carbocycles. The molecule has 1 N–H and O–H groups in total. The second-order valence-corrected chi connectivity index (χ2v) is 6.80. The highest BCUT2D eigenvalue weighted by atomic mass is 79.9. The van der Waals surface area contributed by atoms with E-state index in [2.05, 4.69) is 15.9 Å². The van der Waals surface area contributed by atoms with E-state index in [1.807, 2.05) is 85.8 Å². The predicted molar refractivity (Wildman–Crippen MR) is 102 cm³/mol. The lowest BCUT2D eigenvalue weighted by Gasteiger charge is -2.29. The van der Waals surface area contributed by atoms with Crippen LogP contribution in [-0.4, -0.2) is 11.7 Å². The Hall–Kier alpha value is -2.30. The summed E-state index contributed by atoms with van der Waals surface area (Å²) in [4.78, 5) is 0. The van der Waals surface area contributed by atoms with Gasteiger partial charge in [0.1, 0.15) is 17.2 Å². The summed E-state index contributed by atoms with van der Waals surface area (Å²) in [5, 5.41) is 9.82. The van der Waals surface area contributed by atoms with Gasteiger partial charge in [-0.1, -0.05) is 46.3 Å². The zero-order chi connectivity index (χ0) is 17.7. The molecule has 0 heterocycles. The Kier molecular flexibility index (Phi) is 5.41. The fourth-order valence-corrected chi connectivity index (χ4v) is 2.71. The van der Waals surface area contributed by atoms with Crippen LogP contribution in [0.1, 0.15) is 12.5 Å². The minimum atomic E-state index is -0.796. The van der Waals surface area contributed by atoms with E-state index in [1.165, 1.54) is 0 Å². The van der Waals surface area contributed by atoms with Crippen molar-refractivity contribution in [1.29, 1.82) is 0 Å².